The molecule has 8 aromatic carbocycles. The number of hydrogen-bond acceptors (Lipinski definition) is 1. The summed E-state index contributed by atoms with van der Waals surface area (Å²) in [6, 6.07) is 65.5. The van der Waals surface area contributed by atoms with E-state index < -0.39 is 0 Å². The first kappa shape index (κ1) is 28.0. The lowest BCUT2D eigenvalue weighted by Crippen LogP contribution is -1.99. The standard InChI is InChI=1S/C48H30N2O/c1-2-12-31(13-3-1)32-24-26-46-41(28-32)42-29-33(25-27-47(42)51-46)36-19-11-20-40-39-18-6-9-23-45(39)50(48(36)40)35-15-10-14-34(30-35)49-43-21-7-4-16-37(43)38-17-5-8-22-44(38)49/h1-30H. The fourth-order valence-corrected chi connectivity index (χ4v) is 8.25. The SMILES string of the molecule is c1ccc(-c2ccc3oc4ccc(-c5cccc6c7ccccc7n(-c7cccc(-n8c9ccccc9c9ccccc98)c7)c56)cc4c3c2)cc1. The summed E-state index contributed by atoms with van der Waals surface area (Å²) in [6.07, 6.45) is 0. The van der Waals surface area contributed by atoms with Crippen LogP contribution in [0.3, 0.4) is 0 Å². The van der Waals surface area contributed by atoms with Crippen LogP contribution in [0.1, 0.15) is 0 Å². The summed E-state index contributed by atoms with van der Waals surface area (Å²) >= 11 is 0. The zero-order valence-electron chi connectivity index (χ0n) is 27.6. The maximum Gasteiger partial charge on any atom is 0.135 e. The minimum atomic E-state index is 0.894. The van der Waals surface area contributed by atoms with E-state index in [2.05, 4.69) is 191 Å². The van der Waals surface area contributed by atoms with Gasteiger partial charge in [-0.3, -0.25) is 0 Å². The van der Waals surface area contributed by atoms with Crippen LogP contribution in [0.4, 0.5) is 0 Å². The first-order valence-electron chi connectivity index (χ1n) is 17.4. The van der Waals surface area contributed by atoms with E-state index in [9.17, 15) is 0 Å². The predicted octanol–water partition coefficient (Wildman–Crippen LogP) is 13.1. The van der Waals surface area contributed by atoms with E-state index in [-0.39, 0.29) is 0 Å². The molecular weight excluding hydrogens is 621 g/mol. The summed E-state index contributed by atoms with van der Waals surface area (Å²) in [5.41, 5.74) is 13.5. The number of benzene rings is 8. The molecule has 0 aliphatic carbocycles. The van der Waals surface area contributed by atoms with E-state index in [0.717, 1.165) is 38.9 Å². The summed E-state index contributed by atoms with van der Waals surface area (Å²) in [5.74, 6) is 0. The lowest BCUT2D eigenvalue weighted by atomic mass is 9.98. The van der Waals surface area contributed by atoms with Gasteiger partial charge in [-0.25, -0.2) is 0 Å². The molecule has 51 heavy (non-hydrogen) atoms. The first-order valence-corrected chi connectivity index (χ1v) is 17.4. The third-order valence-corrected chi connectivity index (χ3v) is 10.5. The minimum Gasteiger partial charge on any atom is -0.456 e. The van der Waals surface area contributed by atoms with Crippen molar-refractivity contribution in [3.63, 3.8) is 0 Å². The van der Waals surface area contributed by atoms with Gasteiger partial charge in [0.05, 0.1) is 22.1 Å². The van der Waals surface area contributed by atoms with Gasteiger partial charge in [0, 0.05) is 49.3 Å². The van der Waals surface area contributed by atoms with Crippen molar-refractivity contribution in [1.82, 2.24) is 9.13 Å². The van der Waals surface area contributed by atoms with Gasteiger partial charge in [0.1, 0.15) is 11.2 Å². The Balaban J connectivity index is 1.15. The monoisotopic (exact) mass is 650 g/mol. The molecule has 0 aliphatic rings. The first-order chi connectivity index (χ1) is 25.3. The Kier molecular flexibility index (Phi) is 5.96. The maximum absolute atomic E-state index is 6.36. The van der Waals surface area contributed by atoms with Gasteiger partial charge in [-0.05, 0) is 77.4 Å². The molecule has 0 unspecified atom stereocenters. The van der Waals surface area contributed by atoms with Crippen LogP contribution in [0.2, 0.25) is 0 Å². The third-order valence-electron chi connectivity index (χ3n) is 10.5. The van der Waals surface area contributed by atoms with Crippen molar-refractivity contribution in [3.8, 4) is 33.6 Å². The fraction of sp³-hybridized carbons (Fsp3) is 0. The summed E-state index contributed by atoms with van der Waals surface area (Å²) in [4.78, 5) is 0. The molecule has 0 spiro atoms. The third kappa shape index (κ3) is 4.19. The van der Waals surface area contributed by atoms with Crippen LogP contribution < -0.4 is 0 Å². The van der Waals surface area contributed by atoms with Crippen LogP contribution in [0.25, 0.3) is 99.2 Å². The molecule has 0 radical (unpaired) electrons. The predicted molar refractivity (Wildman–Crippen MR) is 213 cm³/mol. The van der Waals surface area contributed by atoms with Crippen LogP contribution >= 0.6 is 0 Å². The largest absolute Gasteiger partial charge is 0.456 e. The number of para-hydroxylation sites is 4. The van der Waals surface area contributed by atoms with Gasteiger partial charge in [0.25, 0.3) is 0 Å². The Morgan fingerprint density at radius 1 is 0.314 bits per heavy atom. The van der Waals surface area contributed by atoms with Crippen molar-refractivity contribution in [1.29, 1.82) is 0 Å². The second-order valence-electron chi connectivity index (χ2n) is 13.3. The van der Waals surface area contributed by atoms with E-state index >= 15 is 0 Å². The molecular formula is C48H30N2O. The van der Waals surface area contributed by atoms with E-state index in [1.165, 1.54) is 60.3 Å². The van der Waals surface area contributed by atoms with Gasteiger partial charge >= 0.3 is 0 Å². The molecule has 0 bridgehead atoms. The number of aromatic nitrogens is 2. The average molecular weight is 651 g/mol. The van der Waals surface area contributed by atoms with Crippen molar-refractivity contribution in [2.45, 2.75) is 0 Å². The lowest BCUT2D eigenvalue weighted by Gasteiger charge is -2.14. The second-order valence-corrected chi connectivity index (χ2v) is 13.3. The molecule has 0 atom stereocenters. The number of furan rings is 1. The number of rotatable bonds is 4. The highest BCUT2D eigenvalue weighted by Gasteiger charge is 2.19. The fourth-order valence-electron chi connectivity index (χ4n) is 8.25. The Bertz CT molecular complexity index is 3090. The molecule has 3 aromatic heterocycles. The molecule has 0 aliphatic heterocycles. The normalized spacial score (nSPS) is 11.9. The summed E-state index contributed by atoms with van der Waals surface area (Å²) in [5, 5.41) is 7.23. The van der Waals surface area contributed by atoms with E-state index in [0.29, 0.717) is 0 Å². The average Bonchev–Trinajstić information content (AvgIpc) is 3.85. The number of hydrogen-bond donors (Lipinski definition) is 0. The summed E-state index contributed by atoms with van der Waals surface area (Å²) in [6.45, 7) is 0. The molecule has 0 saturated heterocycles. The molecule has 238 valence electrons. The maximum atomic E-state index is 6.36. The van der Waals surface area contributed by atoms with Crippen LogP contribution in [0.15, 0.2) is 186 Å². The Hall–Kier alpha value is -6.84. The molecule has 3 heteroatoms. The van der Waals surface area contributed by atoms with Crippen molar-refractivity contribution >= 4 is 65.6 Å². The van der Waals surface area contributed by atoms with Gasteiger partial charge in [-0.1, -0.05) is 121 Å². The van der Waals surface area contributed by atoms with Crippen molar-refractivity contribution < 1.29 is 4.42 Å². The topological polar surface area (TPSA) is 23.0 Å². The highest BCUT2D eigenvalue weighted by molar-refractivity contribution is 6.15. The highest BCUT2D eigenvalue weighted by atomic mass is 16.3. The molecule has 11 aromatic rings. The zero-order chi connectivity index (χ0) is 33.5. The number of fused-ring (bicyclic) bond motifs is 9. The second kappa shape index (κ2) is 10.8. The molecule has 0 saturated carbocycles. The quantitative estimate of drug-likeness (QED) is 0.186. The Morgan fingerprint density at radius 3 is 1.51 bits per heavy atom. The molecule has 11 rings (SSSR count). The van der Waals surface area contributed by atoms with Crippen LogP contribution in [0.5, 0.6) is 0 Å². The van der Waals surface area contributed by atoms with Crippen LogP contribution in [0, 0.1) is 0 Å². The molecule has 0 fully saturated rings. The smallest absolute Gasteiger partial charge is 0.135 e. The molecule has 3 heterocycles. The van der Waals surface area contributed by atoms with E-state index in [4.69, 9.17) is 4.42 Å². The van der Waals surface area contributed by atoms with Gasteiger partial charge < -0.3 is 13.6 Å². The van der Waals surface area contributed by atoms with Crippen LogP contribution in [-0.4, -0.2) is 9.13 Å². The Labute approximate surface area is 293 Å². The molecule has 3 nitrogen and oxygen atoms in total. The van der Waals surface area contributed by atoms with Gasteiger partial charge in [-0.2, -0.15) is 0 Å². The Morgan fingerprint density at radius 2 is 0.824 bits per heavy atom. The molecule has 0 amide bonds. The summed E-state index contributed by atoms with van der Waals surface area (Å²) in [7, 11) is 0. The van der Waals surface area contributed by atoms with E-state index in [1.807, 2.05) is 0 Å². The zero-order valence-corrected chi connectivity index (χ0v) is 27.6. The van der Waals surface area contributed by atoms with Gasteiger partial charge in [-0.15, -0.1) is 0 Å². The van der Waals surface area contributed by atoms with Crippen molar-refractivity contribution in [3.05, 3.63) is 182 Å². The molecule has 0 N–H and O–H groups in total. The summed E-state index contributed by atoms with van der Waals surface area (Å²) < 4.78 is 11.2. The minimum absolute atomic E-state index is 0.894. The highest BCUT2D eigenvalue weighted by Crippen LogP contribution is 2.41. The number of nitrogens with zero attached hydrogens (tertiary/aromatic N) is 2. The van der Waals surface area contributed by atoms with Gasteiger partial charge in [0.2, 0.25) is 0 Å². The van der Waals surface area contributed by atoms with Crippen molar-refractivity contribution in [2.75, 3.05) is 0 Å². The van der Waals surface area contributed by atoms with Crippen LogP contribution in [-0.2, 0) is 0 Å². The van der Waals surface area contributed by atoms with Crippen molar-refractivity contribution in [2.24, 2.45) is 0 Å². The van der Waals surface area contributed by atoms with E-state index in [1.54, 1.807) is 0 Å². The van der Waals surface area contributed by atoms with Gasteiger partial charge in [0.15, 0.2) is 0 Å². The lowest BCUT2D eigenvalue weighted by molar-refractivity contribution is 0.669.